The lowest BCUT2D eigenvalue weighted by atomic mass is 10.1. The fourth-order valence-corrected chi connectivity index (χ4v) is 1.76. The summed E-state index contributed by atoms with van der Waals surface area (Å²) in [4.78, 5) is 24.4. The van der Waals surface area contributed by atoms with Gasteiger partial charge in [-0.05, 0) is 44.5 Å². The molecule has 0 atom stereocenters. The molecule has 1 aromatic carbocycles. The van der Waals surface area contributed by atoms with Crippen LogP contribution in [0.5, 0.6) is 5.75 Å². The third-order valence-corrected chi connectivity index (χ3v) is 2.89. The molecule has 0 bridgehead atoms. The smallest absolute Gasteiger partial charge is 0.305 e. The lowest BCUT2D eigenvalue weighted by Crippen LogP contribution is -2.38. The van der Waals surface area contributed by atoms with Gasteiger partial charge in [0, 0.05) is 18.2 Å². The Balaban J connectivity index is 2.92. The van der Waals surface area contributed by atoms with Gasteiger partial charge in [-0.1, -0.05) is 0 Å². The number of nitrogens with zero attached hydrogens (tertiary/aromatic N) is 1. The van der Waals surface area contributed by atoms with E-state index < -0.39 is 5.97 Å². The summed E-state index contributed by atoms with van der Waals surface area (Å²) in [7, 11) is 0. The zero-order chi connectivity index (χ0) is 14.6. The Kier molecular flexibility index (Phi) is 4.92. The van der Waals surface area contributed by atoms with Crippen LogP contribution < -0.4 is 0 Å². The molecular weight excluding hydrogens is 246 g/mol. The van der Waals surface area contributed by atoms with Crippen LogP contribution in [0.1, 0.15) is 36.2 Å². The van der Waals surface area contributed by atoms with Crippen LogP contribution in [0.15, 0.2) is 18.2 Å². The van der Waals surface area contributed by atoms with Crippen molar-refractivity contribution in [3.8, 4) is 5.75 Å². The van der Waals surface area contributed by atoms with Crippen LogP contribution in [0, 0.1) is 6.92 Å². The number of hydrogen-bond acceptors (Lipinski definition) is 3. The molecule has 0 aliphatic carbocycles. The molecule has 2 N–H and O–H groups in total. The van der Waals surface area contributed by atoms with Gasteiger partial charge in [0.2, 0.25) is 0 Å². The SMILES string of the molecule is Cc1cc(C(=O)N(CCC(=O)O)C(C)C)ccc1O. The first-order valence-electron chi connectivity index (χ1n) is 6.15. The first kappa shape index (κ1) is 15.0. The van der Waals surface area contributed by atoms with Crippen molar-refractivity contribution in [3.63, 3.8) is 0 Å². The zero-order valence-electron chi connectivity index (χ0n) is 11.4. The molecule has 104 valence electrons. The van der Waals surface area contributed by atoms with E-state index in [0.717, 1.165) is 0 Å². The van der Waals surface area contributed by atoms with Gasteiger partial charge < -0.3 is 15.1 Å². The number of carbonyl (C=O) groups excluding carboxylic acids is 1. The highest BCUT2D eigenvalue weighted by Gasteiger charge is 2.20. The Morgan fingerprint density at radius 2 is 1.95 bits per heavy atom. The van der Waals surface area contributed by atoms with Crippen LogP contribution in [0.4, 0.5) is 0 Å². The number of carboxylic acids is 1. The normalized spacial score (nSPS) is 10.5. The minimum absolute atomic E-state index is 0.0824. The minimum atomic E-state index is -0.930. The van der Waals surface area contributed by atoms with Crippen LogP contribution in [0.3, 0.4) is 0 Å². The molecule has 0 heterocycles. The van der Waals surface area contributed by atoms with Crippen molar-refractivity contribution < 1.29 is 19.8 Å². The Bertz CT molecular complexity index is 482. The maximum absolute atomic E-state index is 12.3. The van der Waals surface area contributed by atoms with Gasteiger partial charge in [0.1, 0.15) is 5.75 Å². The van der Waals surface area contributed by atoms with Crippen molar-refractivity contribution in [1.82, 2.24) is 4.90 Å². The Labute approximate surface area is 112 Å². The molecule has 0 saturated heterocycles. The fourth-order valence-electron chi connectivity index (χ4n) is 1.76. The summed E-state index contributed by atoms with van der Waals surface area (Å²) in [5.74, 6) is -1.02. The van der Waals surface area contributed by atoms with Gasteiger partial charge in [0.15, 0.2) is 0 Å². The number of carbonyl (C=O) groups is 2. The van der Waals surface area contributed by atoms with E-state index in [4.69, 9.17) is 5.11 Å². The molecule has 0 unspecified atom stereocenters. The monoisotopic (exact) mass is 265 g/mol. The molecule has 5 nitrogen and oxygen atoms in total. The van der Waals surface area contributed by atoms with Crippen LogP contribution in [-0.4, -0.2) is 39.6 Å². The molecule has 0 saturated carbocycles. The second-order valence-corrected chi connectivity index (χ2v) is 4.74. The standard InChI is InChI=1S/C14H19NO4/c1-9(2)15(7-6-13(17)18)14(19)11-4-5-12(16)10(3)8-11/h4-5,8-9,16H,6-7H2,1-3H3,(H,17,18). The Morgan fingerprint density at radius 1 is 1.32 bits per heavy atom. The quantitative estimate of drug-likeness (QED) is 0.853. The van der Waals surface area contributed by atoms with Gasteiger partial charge in [-0.25, -0.2) is 0 Å². The first-order chi connectivity index (χ1) is 8.82. The second kappa shape index (κ2) is 6.22. The van der Waals surface area contributed by atoms with Crippen LogP contribution in [-0.2, 0) is 4.79 Å². The molecule has 1 rings (SSSR count). The van der Waals surface area contributed by atoms with Crippen molar-refractivity contribution >= 4 is 11.9 Å². The van der Waals surface area contributed by atoms with Gasteiger partial charge >= 0.3 is 5.97 Å². The van der Waals surface area contributed by atoms with Crippen LogP contribution in [0.25, 0.3) is 0 Å². The summed E-state index contributed by atoms with van der Waals surface area (Å²) in [5.41, 5.74) is 1.07. The third-order valence-electron chi connectivity index (χ3n) is 2.89. The summed E-state index contributed by atoms with van der Waals surface area (Å²) in [6.45, 7) is 5.56. The summed E-state index contributed by atoms with van der Waals surface area (Å²) in [5, 5.41) is 18.2. The lowest BCUT2D eigenvalue weighted by molar-refractivity contribution is -0.137. The van der Waals surface area contributed by atoms with E-state index in [-0.39, 0.29) is 30.7 Å². The van der Waals surface area contributed by atoms with Crippen molar-refractivity contribution in [3.05, 3.63) is 29.3 Å². The molecule has 0 radical (unpaired) electrons. The number of hydrogen-bond donors (Lipinski definition) is 2. The molecule has 0 aliphatic heterocycles. The van der Waals surface area contributed by atoms with E-state index in [1.54, 1.807) is 19.1 Å². The molecule has 0 aromatic heterocycles. The number of benzene rings is 1. The summed E-state index contributed by atoms with van der Waals surface area (Å²) >= 11 is 0. The number of phenolic OH excluding ortho intramolecular Hbond substituents is 1. The molecular formula is C14H19NO4. The first-order valence-corrected chi connectivity index (χ1v) is 6.15. The number of carboxylic acid groups (broad SMARTS) is 1. The minimum Gasteiger partial charge on any atom is -0.508 e. The van der Waals surface area contributed by atoms with E-state index in [9.17, 15) is 14.7 Å². The van der Waals surface area contributed by atoms with Gasteiger partial charge in [0.25, 0.3) is 5.91 Å². The average molecular weight is 265 g/mol. The van der Waals surface area contributed by atoms with E-state index in [1.807, 2.05) is 13.8 Å². The highest BCUT2D eigenvalue weighted by molar-refractivity contribution is 5.95. The number of aromatic hydroxyl groups is 1. The molecule has 0 spiro atoms. The van der Waals surface area contributed by atoms with Gasteiger partial charge in [0.05, 0.1) is 6.42 Å². The maximum Gasteiger partial charge on any atom is 0.305 e. The Hall–Kier alpha value is -2.04. The van der Waals surface area contributed by atoms with Crippen molar-refractivity contribution in [1.29, 1.82) is 0 Å². The predicted octanol–water partition coefficient (Wildman–Crippen LogP) is 2.03. The van der Waals surface area contributed by atoms with E-state index in [1.165, 1.54) is 11.0 Å². The van der Waals surface area contributed by atoms with Crippen molar-refractivity contribution in [2.75, 3.05) is 6.54 Å². The van der Waals surface area contributed by atoms with Crippen LogP contribution in [0.2, 0.25) is 0 Å². The lowest BCUT2D eigenvalue weighted by Gasteiger charge is -2.26. The van der Waals surface area contributed by atoms with Gasteiger partial charge in [-0.3, -0.25) is 9.59 Å². The summed E-state index contributed by atoms with van der Waals surface area (Å²) < 4.78 is 0. The predicted molar refractivity (Wildman–Crippen MR) is 71.3 cm³/mol. The molecule has 1 amide bonds. The molecule has 1 aromatic rings. The third kappa shape index (κ3) is 3.98. The average Bonchev–Trinajstić information content (AvgIpc) is 2.31. The van der Waals surface area contributed by atoms with Crippen LogP contribution >= 0.6 is 0 Å². The Morgan fingerprint density at radius 3 is 2.42 bits per heavy atom. The number of rotatable bonds is 5. The summed E-state index contributed by atoms with van der Waals surface area (Å²) in [6, 6.07) is 4.54. The highest BCUT2D eigenvalue weighted by atomic mass is 16.4. The van der Waals surface area contributed by atoms with E-state index in [0.29, 0.717) is 11.1 Å². The number of aliphatic carboxylic acids is 1. The molecule has 19 heavy (non-hydrogen) atoms. The van der Waals surface area contributed by atoms with Crippen molar-refractivity contribution in [2.45, 2.75) is 33.2 Å². The van der Waals surface area contributed by atoms with Gasteiger partial charge in [-0.15, -0.1) is 0 Å². The maximum atomic E-state index is 12.3. The van der Waals surface area contributed by atoms with E-state index in [2.05, 4.69) is 0 Å². The molecule has 0 aliphatic rings. The number of phenols is 1. The topological polar surface area (TPSA) is 77.8 Å². The van der Waals surface area contributed by atoms with Gasteiger partial charge in [-0.2, -0.15) is 0 Å². The highest BCUT2D eigenvalue weighted by Crippen LogP contribution is 2.19. The zero-order valence-corrected chi connectivity index (χ0v) is 11.4. The number of aryl methyl sites for hydroxylation is 1. The second-order valence-electron chi connectivity index (χ2n) is 4.74. The summed E-state index contributed by atoms with van der Waals surface area (Å²) in [6.07, 6.45) is -0.0824. The van der Waals surface area contributed by atoms with E-state index >= 15 is 0 Å². The van der Waals surface area contributed by atoms with Crippen molar-refractivity contribution in [2.24, 2.45) is 0 Å². The molecule has 0 fully saturated rings. The number of amides is 1. The molecule has 5 heteroatoms. The fraction of sp³-hybridized carbons (Fsp3) is 0.429. The largest absolute Gasteiger partial charge is 0.508 e.